The zero-order valence-corrected chi connectivity index (χ0v) is 19.5. The van der Waals surface area contributed by atoms with E-state index in [1.807, 2.05) is 37.3 Å². The molecule has 3 rings (SSSR count). The normalized spacial score (nSPS) is 11.1. The summed E-state index contributed by atoms with van der Waals surface area (Å²) in [6.07, 6.45) is 0. The van der Waals surface area contributed by atoms with E-state index in [4.69, 9.17) is 16.3 Å². The van der Waals surface area contributed by atoms with Crippen molar-refractivity contribution in [2.45, 2.75) is 18.7 Å². The molecule has 0 spiro atoms. The van der Waals surface area contributed by atoms with E-state index in [0.29, 0.717) is 22.0 Å². The fraction of sp³-hybridized carbons (Fsp3) is 0.208. The molecule has 0 fully saturated rings. The molecule has 3 aromatic carbocycles. The number of rotatable bonds is 9. The zero-order chi connectivity index (χ0) is 23.1. The number of para-hydroxylation sites is 1. The molecule has 32 heavy (non-hydrogen) atoms. The molecular weight excluding hydrogens is 448 g/mol. The van der Waals surface area contributed by atoms with Crippen molar-refractivity contribution in [3.05, 3.63) is 88.9 Å². The van der Waals surface area contributed by atoms with Crippen LogP contribution in [0.4, 0.5) is 5.69 Å². The predicted molar refractivity (Wildman–Crippen MR) is 127 cm³/mol. The minimum absolute atomic E-state index is 0.0997. The predicted octanol–water partition coefficient (Wildman–Crippen LogP) is 4.35. The van der Waals surface area contributed by atoms with E-state index in [-0.39, 0.29) is 24.6 Å². The Balaban J connectivity index is 1.77. The van der Waals surface area contributed by atoms with Crippen LogP contribution in [0, 0.1) is 13.8 Å². The minimum Gasteiger partial charge on any atom is -0.492 e. The fourth-order valence-electron chi connectivity index (χ4n) is 3.07. The summed E-state index contributed by atoms with van der Waals surface area (Å²) in [5, 5.41) is 3.14. The number of aryl methyl sites for hydroxylation is 1. The van der Waals surface area contributed by atoms with Crippen LogP contribution in [0.25, 0.3) is 0 Å². The van der Waals surface area contributed by atoms with Crippen molar-refractivity contribution < 1.29 is 17.9 Å². The highest BCUT2D eigenvalue weighted by Crippen LogP contribution is 2.30. The molecule has 0 aliphatic heterocycles. The van der Waals surface area contributed by atoms with Gasteiger partial charge in [-0.3, -0.25) is 9.10 Å². The first-order valence-electron chi connectivity index (χ1n) is 10.1. The number of hydrogen-bond donors (Lipinski definition) is 1. The first-order chi connectivity index (χ1) is 15.3. The van der Waals surface area contributed by atoms with Crippen molar-refractivity contribution in [2.24, 2.45) is 0 Å². The second kappa shape index (κ2) is 10.5. The van der Waals surface area contributed by atoms with Gasteiger partial charge in [0, 0.05) is 5.02 Å². The highest BCUT2D eigenvalue weighted by Gasteiger charge is 2.28. The maximum Gasteiger partial charge on any atom is 0.264 e. The summed E-state index contributed by atoms with van der Waals surface area (Å²) in [5.41, 5.74) is 1.87. The van der Waals surface area contributed by atoms with Crippen LogP contribution < -0.4 is 14.4 Å². The second-order valence-corrected chi connectivity index (χ2v) is 9.49. The number of carbonyl (C=O) groups excluding carboxylic acids is 1. The van der Waals surface area contributed by atoms with E-state index >= 15 is 0 Å². The molecule has 0 aliphatic rings. The van der Waals surface area contributed by atoms with Gasteiger partial charge in [0.15, 0.2) is 0 Å². The number of sulfonamides is 1. The summed E-state index contributed by atoms with van der Waals surface area (Å²) in [5.74, 6) is 0.247. The Hall–Kier alpha value is -3.03. The van der Waals surface area contributed by atoms with Crippen LogP contribution in [0.5, 0.6) is 5.75 Å². The van der Waals surface area contributed by atoms with Gasteiger partial charge >= 0.3 is 0 Å². The van der Waals surface area contributed by atoms with Gasteiger partial charge in [-0.05, 0) is 55.8 Å². The Morgan fingerprint density at radius 3 is 2.34 bits per heavy atom. The summed E-state index contributed by atoms with van der Waals surface area (Å²) in [7, 11) is -4.00. The van der Waals surface area contributed by atoms with Gasteiger partial charge in [-0.2, -0.15) is 0 Å². The van der Waals surface area contributed by atoms with Crippen molar-refractivity contribution in [2.75, 3.05) is 24.0 Å². The molecule has 0 heterocycles. The van der Waals surface area contributed by atoms with Crippen LogP contribution in [0.3, 0.4) is 0 Å². The Morgan fingerprint density at radius 2 is 1.66 bits per heavy atom. The molecule has 0 radical (unpaired) electrons. The number of nitrogens with zero attached hydrogens (tertiary/aromatic N) is 1. The number of nitrogens with one attached hydrogen (secondary N) is 1. The Labute approximate surface area is 193 Å². The van der Waals surface area contributed by atoms with Gasteiger partial charge in [0.1, 0.15) is 18.9 Å². The van der Waals surface area contributed by atoms with Crippen LogP contribution in [0.15, 0.2) is 77.7 Å². The lowest BCUT2D eigenvalue weighted by atomic mass is 10.2. The van der Waals surface area contributed by atoms with E-state index < -0.39 is 15.9 Å². The van der Waals surface area contributed by atoms with Gasteiger partial charge in [0.05, 0.1) is 17.1 Å². The standard InChI is InChI=1S/C24H25ClN2O4S/c1-18-11-13-21(14-12-18)32(29,30)27(23-10-6-9-22(25)19(23)2)17-24(28)26-15-16-31-20-7-4-3-5-8-20/h3-14H,15-17H2,1-2H3,(H,26,28). The summed E-state index contributed by atoms with van der Waals surface area (Å²) in [6.45, 7) is 3.71. The number of ether oxygens (including phenoxy) is 1. The molecule has 8 heteroatoms. The van der Waals surface area contributed by atoms with Gasteiger partial charge in [-0.25, -0.2) is 8.42 Å². The molecule has 0 bridgehead atoms. The molecule has 0 aromatic heterocycles. The number of halogens is 1. The smallest absolute Gasteiger partial charge is 0.264 e. The molecule has 0 unspecified atom stereocenters. The largest absolute Gasteiger partial charge is 0.492 e. The molecule has 1 amide bonds. The van der Waals surface area contributed by atoms with Crippen molar-refractivity contribution in [3.63, 3.8) is 0 Å². The third-order valence-corrected chi connectivity index (χ3v) is 7.02. The first kappa shape index (κ1) is 23.6. The van der Waals surface area contributed by atoms with Crippen molar-refractivity contribution in [1.82, 2.24) is 5.32 Å². The number of benzene rings is 3. The molecule has 0 saturated heterocycles. The fourth-order valence-corrected chi connectivity index (χ4v) is 4.71. The molecule has 0 atom stereocenters. The van der Waals surface area contributed by atoms with E-state index in [2.05, 4.69) is 5.32 Å². The number of carbonyl (C=O) groups is 1. The monoisotopic (exact) mass is 472 g/mol. The Kier molecular flexibility index (Phi) is 7.77. The SMILES string of the molecule is Cc1ccc(S(=O)(=O)N(CC(=O)NCCOc2ccccc2)c2cccc(Cl)c2C)cc1. The van der Waals surface area contributed by atoms with Crippen LogP contribution >= 0.6 is 11.6 Å². The summed E-state index contributed by atoms with van der Waals surface area (Å²) < 4.78 is 33.5. The lowest BCUT2D eigenvalue weighted by molar-refractivity contribution is -0.119. The first-order valence-corrected chi connectivity index (χ1v) is 11.9. The van der Waals surface area contributed by atoms with E-state index in [1.165, 1.54) is 12.1 Å². The van der Waals surface area contributed by atoms with Crippen molar-refractivity contribution in [1.29, 1.82) is 0 Å². The zero-order valence-electron chi connectivity index (χ0n) is 17.9. The number of hydrogen-bond acceptors (Lipinski definition) is 4. The van der Waals surface area contributed by atoms with Crippen LogP contribution in [0.1, 0.15) is 11.1 Å². The van der Waals surface area contributed by atoms with E-state index in [0.717, 1.165) is 9.87 Å². The Morgan fingerprint density at radius 1 is 0.969 bits per heavy atom. The molecule has 0 aliphatic carbocycles. The molecule has 1 N–H and O–H groups in total. The lowest BCUT2D eigenvalue weighted by Gasteiger charge is -2.26. The molecular formula is C24H25ClN2O4S. The highest BCUT2D eigenvalue weighted by molar-refractivity contribution is 7.92. The van der Waals surface area contributed by atoms with Crippen LogP contribution in [-0.2, 0) is 14.8 Å². The topological polar surface area (TPSA) is 75.7 Å². The molecule has 6 nitrogen and oxygen atoms in total. The van der Waals surface area contributed by atoms with Gasteiger partial charge < -0.3 is 10.1 Å². The van der Waals surface area contributed by atoms with Gasteiger partial charge in [-0.15, -0.1) is 0 Å². The Bertz CT molecular complexity index is 1170. The van der Waals surface area contributed by atoms with Gasteiger partial charge in [0.2, 0.25) is 5.91 Å². The maximum absolute atomic E-state index is 13.4. The molecule has 168 valence electrons. The minimum atomic E-state index is -4.00. The van der Waals surface area contributed by atoms with E-state index in [9.17, 15) is 13.2 Å². The van der Waals surface area contributed by atoms with Gasteiger partial charge in [-0.1, -0.05) is 53.6 Å². The van der Waals surface area contributed by atoms with Crippen molar-refractivity contribution >= 4 is 33.2 Å². The average molecular weight is 473 g/mol. The maximum atomic E-state index is 13.4. The average Bonchev–Trinajstić information content (AvgIpc) is 2.78. The summed E-state index contributed by atoms with van der Waals surface area (Å²) in [4.78, 5) is 12.8. The van der Waals surface area contributed by atoms with Crippen molar-refractivity contribution in [3.8, 4) is 5.75 Å². The van der Waals surface area contributed by atoms with Crippen LogP contribution in [0.2, 0.25) is 5.02 Å². The van der Waals surface area contributed by atoms with E-state index in [1.54, 1.807) is 37.3 Å². The lowest BCUT2D eigenvalue weighted by Crippen LogP contribution is -2.42. The third kappa shape index (κ3) is 5.81. The third-order valence-electron chi connectivity index (χ3n) is 4.84. The number of anilines is 1. The molecule has 0 saturated carbocycles. The number of amides is 1. The quantitative estimate of drug-likeness (QED) is 0.470. The van der Waals surface area contributed by atoms with Gasteiger partial charge in [0.25, 0.3) is 10.0 Å². The highest BCUT2D eigenvalue weighted by atomic mass is 35.5. The molecule has 3 aromatic rings. The second-order valence-electron chi connectivity index (χ2n) is 7.22. The summed E-state index contributed by atoms with van der Waals surface area (Å²) in [6, 6.07) is 20.7. The summed E-state index contributed by atoms with van der Waals surface area (Å²) >= 11 is 6.23. The van der Waals surface area contributed by atoms with Crippen LogP contribution in [-0.4, -0.2) is 34.0 Å².